The Bertz CT molecular complexity index is 769. The lowest BCUT2D eigenvalue weighted by Gasteiger charge is -2.44. The quantitative estimate of drug-likeness (QED) is 0.527. The van der Waals surface area contributed by atoms with Gasteiger partial charge in [0.25, 0.3) is 8.32 Å². The van der Waals surface area contributed by atoms with Crippen LogP contribution < -0.4 is 10.4 Å². The number of carbonyl (C=O) groups excluding carboxylic acids is 1. The van der Waals surface area contributed by atoms with E-state index in [0.717, 1.165) is 10.4 Å². The van der Waals surface area contributed by atoms with Gasteiger partial charge in [-0.2, -0.15) is 0 Å². The van der Waals surface area contributed by atoms with Crippen molar-refractivity contribution in [2.75, 3.05) is 0 Å². The molecule has 0 saturated carbocycles. The van der Waals surface area contributed by atoms with Crippen molar-refractivity contribution < 1.29 is 14.3 Å². The summed E-state index contributed by atoms with van der Waals surface area (Å²) in [6, 6.07) is 20.6. The van der Waals surface area contributed by atoms with Crippen LogP contribution in [-0.4, -0.2) is 31.4 Å². The van der Waals surface area contributed by atoms with Gasteiger partial charge in [0.2, 0.25) is 0 Å². The van der Waals surface area contributed by atoms with Crippen LogP contribution in [0.5, 0.6) is 0 Å². The number of ketones is 1. The molecule has 0 saturated heterocycles. The zero-order valence-corrected chi connectivity index (χ0v) is 19.4. The van der Waals surface area contributed by atoms with Gasteiger partial charge in [0.15, 0.2) is 5.78 Å². The summed E-state index contributed by atoms with van der Waals surface area (Å²) >= 11 is 0. The molecule has 2 aromatic rings. The Morgan fingerprint density at radius 3 is 1.79 bits per heavy atom. The summed E-state index contributed by atoms with van der Waals surface area (Å²) in [4.78, 5) is 13.1. The van der Waals surface area contributed by atoms with Gasteiger partial charge in [-0.25, -0.2) is 0 Å². The minimum atomic E-state index is -2.79. The summed E-state index contributed by atoms with van der Waals surface area (Å²) in [5.41, 5.74) is 0. The summed E-state index contributed by atoms with van der Waals surface area (Å²) in [6.45, 7) is 12.0. The van der Waals surface area contributed by atoms with Gasteiger partial charge in [0.1, 0.15) is 6.10 Å². The van der Waals surface area contributed by atoms with Gasteiger partial charge in [0.05, 0.1) is 6.10 Å². The van der Waals surface area contributed by atoms with E-state index in [1.807, 2.05) is 50.2 Å². The van der Waals surface area contributed by atoms with Crippen molar-refractivity contribution in [2.45, 2.75) is 58.8 Å². The van der Waals surface area contributed by atoms with Crippen LogP contribution in [0.2, 0.25) is 5.04 Å². The lowest BCUT2D eigenvalue weighted by atomic mass is 9.96. The molecule has 0 aromatic heterocycles. The van der Waals surface area contributed by atoms with Crippen molar-refractivity contribution in [3.63, 3.8) is 0 Å². The Morgan fingerprint density at radius 1 is 0.966 bits per heavy atom. The van der Waals surface area contributed by atoms with Crippen LogP contribution in [0.15, 0.2) is 72.8 Å². The van der Waals surface area contributed by atoms with E-state index in [-0.39, 0.29) is 10.8 Å². The van der Waals surface area contributed by atoms with Crippen molar-refractivity contribution in [1.29, 1.82) is 0 Å². The second kappa shape index (κ2) is 9.66. The van der Waals surface area contributed by atoms with Crippen LogP contribution in [0.3, 0.4) is 0 Å². The molecule has 4 heteroatoms. The maximum absolute atomic E-state index is 13.1. The molecule has 29 heavy (non-hydrogen) atoms. The molecule has 0 radical (unpaired) electrons. The highest BCUT2D eigenvalue weighted by Gasteiger charge is 2.51. The van der Waals surface area contributed by atoms with Gasteiger partial charge >= 0.3 is 0 Å². The normalized spacial score (nSPS) is 15.8. The molecule has 0 unspecified atom stereocenters. The molecule has 0 aliphatic heterocycles. The summed E-state index contributed by atoms with van der Waals surface area (Å²) < 4.78 is 6.84. The van der Waals surface area contributed by atoms with Crippen molar-refractivity contribution in [1.82, 2.24) is 0 Å². The molecule has 0 aliphatic rings. The topological polar surface area (TPSA) is 46.5 Å². The van der Waals surface area contributed by atoms with Gasteiger partial charge in [0, 0.05) is 5.92 Å². The van der Waals surface area contributed by atoms with Crippen LogP contribution in [0.1, 0.15) is 41.5 Å². The summed E-state index contributed by atoms with van der Waals surface area (Å²) in [7, 11) is -2.79. The standard InChI is InChI=1S/C25H34O3Si/c1-7-14-23(26)19(2)24(27)20(3)28-29(25(4,5)6,21-15-10-8-11-16-21)22-17-12-9-13-18-22/h7-20,23,26H,1-6H3/b14-7+/t19-,20+,23-/m1/s1. The Hall–Kier alpha value is -2.01. The first-order valence-corrected chi connectivity index (χ1v) is 12.2. The number of Topliss-reactive ketones (excluding diaryl/α,β-unsaturated/α-hetero) is 1. The van der Waals surface area contributed by atoms with Gasteiger partial charge in [-0.15, -0.1) is 0 Å². The molecule has 156 valence electrons. The summed E-state index contributed by atoms with van der Waals surface area (Å²) in [6.07, 6.45) is 1.98. The lowest BCUT2D eigenvalue weighted by Crippen LogP contribution is -2.68. The second-order valence-electron chi connectivity index (χ2n) is 8.63. The third-order valence-corrected chi connectivity index (χ3v) is 10.6. The van der Waals surface area contributed by atoms with Gasteiger partial charge < -0.3 is 9.53 Å². The highest BCUT2D eigenvalue weighted by molar-refractivity contribution is 6.99. The fraction of sp³-hybridized carbons (Fsp3) is 0.400. The Labute approximate surface area is 176 Å². The average molecular weight is 411 g/mol. The molecular weight excluding hydrogens is 376 g/mol. The lowest BCUT2D eigenvalue weighted by molar-refractivity contribution is -0.131. The minimum absolute atomic E-state index is 0.0800. The monoisotopic (exact) mass is 410 g/mol. The van der Waals surface area contributed by atoms with E-state index >= 15 is 0 Å². The third kappa shape index (κ3) is 4.95. The molecule has 2 aromatic carbocycles. The molecular formula is C25H34O3Si. The zero-order valence-electron chi connectivity index (χ0n) is 18.4. The van der Waals surface area contributed by atoms with E-state index < -0.39 is 26.4 Å². The van der Waals surface area contributed by atoms with E-state index in [0.29, 0.717) is 0 Å². The van der Waals surface area contributed by atoms with Gasteiger partial charge in [-0.3, -0.25) is 4.79 Å². The maximum atomic E-state index is 13.1. The first-order valence-electron chi connectivity index (χ1n) is 10.3. The van der Waals surface area contributed by atoms with Crippen molar-refractivity contribution in [2.24, 2.45) is 5.92 Å². The molecule has 0 fully saturated rings. The van der Waals surface area contributed by atoms with E-state index in [2.05, 4.69) is 45.0 Å². The predicted octanol–water partition coefficient (Wildman–Crippen LogP) is 4.09. The number of allylic oxidation sites excluding steroid dienone is 1. The molecule has 0 spiro atoms. The summed E-state index contributed by atoms with van der Waals surface area (Å²) in [5, 5.41) is 12.4. The number of hydrogen-bond donors (Lipinski definition) is 1. The fourth-order valence-corrected chi connectivity index (χ4v) is 8.58. The number of aliphatic hydroxyl groups excluding tert-OH is 1. The van der Waals surface area contributed by atoms with Gasteiger partial charge in [-0.1, -0.05) is 101 Å². The molecule has 0 amide bonds. The molecule has 1 N–H and O–H groups in total. The molecule has 3 nitrogen and oxygen atoms in total. The predicted molar refractivity (Wildman–Crippen MR) is 123 cm³/mol. The highest BCUT2D eigenvalue weighted by atomic mass is 28.4. The number of hydrogen-bond acceptors (Lipinski definition) is 3. The van der Waals surface area contributed by atoms with Crippen LogP contribution in [0, 0.1) is 5.92 Å². The highest BCUT2D eigenvalue weighted by Crippen LogP contribution is 2.37. The summed E-state index contributed by atoms with van der Waals surface area (Å²) in [5.74, 6) is -0.608. The largest absolute Gasteiger partial charge is 0.398 e. The van der Waals surface area contributed by atoms with E-state index in [1.54, 1.807) is 19.1 Å². The van der Waals surface area contributed by atoms with Crippen LogP contribution in [0.25, 0.3) is 0 Å². The van der Waals surface area contributed by atoms with Crippen LogP contribution >= 0.6 is 0 Å². The number of benzene rings is 2. The molecule has 0 aliphatic carbocycles. The van der Waals surface area contributed by atoms with Crippen molar-refractivity contribution in [3.05, 3.63) is 72.8 Å². The van der Waals surface area contributed by atoms with E-state index in [1.165, 1.54) is 0 Å². The minimum Gasteiger partial charge on any atom is -0.398 e. The maximum Gasteiger partial charge on any atom is 0.262 e. The Morgan fingerprint density at radius 2 is 1.41 bits per heavy atom. The number of aliphatic hydroxyl groups is 1. The average Bonchev–Trinajstić information content (AvgIpc) is 2.71. The first-order chi connectivity index (χ1) is 13.6. The van der Waals surface area contributed by atoms with Crippen LogP contribution in [-0.2, 0) is 9.22 Å². The third-order valence-electron chi connectivity index (χ3n) is 5.52. The Kier molecular flexibility index (Phi) is 7.75. The molecule has 2 rings (SSSR count). The Balaban J connectivity index is 2.55. The van der Waals surface area contributed by atoms with E-state index in [4.69, 9.17) is 4.43 Å². The van der Waals surface area contributed by atoms with E-state index in [9.17, 15) is 9.90 Å². The van der Waals surface area contributed by atoms with Crippen molar-refractivity contribution in [3.8, 4) is 0 Å². The SMILES string of the molecule is C/C=C/[C@@H](O)[C@@H](C)C(=O)[C@H](C)O[Si](c1ccccc1)(c1ccccc1)C(C)(C)C. The number of carbonyl (C=O) groups is 1. The second-order valence-corrected chi connectivity index (χ2v) is 12.9. The van der Waals surface area contributed by atoms with Gasteiger partial charge in [-0.05, 0) is 29.3 Å². The first kappa shape index (κ1) is 23.3. The smallest absolute Gasteiger partial charge is 0.262 e. The molecule has 0 heterocycles. The van der Waals surface area contributed by atoms with Crippen LogP contribution in [0.4, 0.5) is 0 Å². The fourth-order valence-electron chi connectivity index (χ4n) is 3.92. The van der Waals surface area contributed by atoms with Crippen molar-refractivity contribution >= 4 is 24.5 Å². The molecule has 3 atom stereocenters. The molecule has 0 bridgehead atoms. The number of rotatable bonds is 8. The zero-order chi connectivity index (χ0) is 21.7.